The molecule has 0 aliphatic heterocycles. The number of benzene rings is 2. The summed E-state index contributed by atoms with van der Waals surface area (Å²) in [5, 5.41) is 0.507. The molecule has 0 bridgehead atoms. The van der Waals surface area contributed by atoms with Crippen LogP contribution in [0.1, 0.15) is 5.56 Å². The standard InChI is InChI=1S/C15H16ClNO3S/c1-20-14-6-2-12(3-7-14)10-11-17-21(18,19)15-8-4-13(16)5-9-15/h2-9,17H,10-11H2,1H3. The molecule has 0 atom stereocenters. The maximum Gasteiger partial charge on any atom is 0.240 e. The monoisotopic (exact) mass is 325 g/mol. The molecule has 2 aromatic carbocycles. The predicted molar refractivity (Wildman–Crippen MR) is 83.3 cm³/mol. The molecule has 21 heavy (non-hydrogen) atoms. The van der Waals surface area contributed by atoms with Crippen LogP contribution in [0.15, 0.2) is 53.4 Å². The van der Waals surface area contributed by atoms with Crippen molar-refractivity contribution in [3.05, 3.63) is 59.1 Å². The van der Waals surface area contributed by atoms with Crippen molar-refractivity contribution in [2.75, 3.05) is 13.7 Å². The van der Waals surface area contributed by atoms with E-state index in [1.165, 1.54) is 12.1 Å². The maximum absolute atomic E-state index is 12.1. The molecule has 1 N–H and O–H groups in total. The number of rotatable bonds is 6. The van der Waals surface area contributed by atoms with Crippen LogP contribution in [-0.4, -0.2) is 22.1 Å². The Hall–Kier alpha value is -1.56. The molecule has 4 nitrogen and oxygen atoms in total. The second-order valence-electron chi connectivity index (χ2n) is 4.45. The largest absolute Gasteiger partial charge is 0.497 e. The molecule has 0 amide bonds. The van der Waals surface area contributed by atoms with Gasteiger partial charge in [0.15, 0.2) is 0 Å². The minimum atomic E-state index is -3.49. The SMILES string of the molecule is COc1ccc(CCNS(=O)(=O)c2ccc(Cl)cc2)cc1. The first-order chi connectivity index (χ1) is 10.0. The number of halogens is 1. The van der Waals surface area contributed by atoms with Crippen molar-refractivity contribution in [1.29, 1.82) is 0 Å². The van der Waals surface area contributed by atoms with Gasteiger partial charge in [-0.2, -0.15) is 0 Å². The van der Waals surface area contributed by atoms with E-state index in [9.17, 15) is 8.42 Å². The van der Waals surface area contributed by atoms with Gasteiger partial charge in [0.2, 0.25) is 10.0 Å². The fourth-order valence-electron chi connectivity index (χ4n) is 1.82. The summed E-state index contributed by atoms with van der Waals surface area (Å²) in [6.45, 7) is 0.331. The molecular weight excluding hydrogens is 310 g/mol. The van der Waals surface area contributed by atoms with Crippen LogP contribution in [0.2, 0.25) is 5.02 Å². The summed E-state index contributed by atoms with van der Waals surface area (Å²) >= 11 is 5.75. The van der Waals surface area contributed by atoms with E-state index in [-0.39, 0.29) is 4.90 Å². The van der Waals surface area contributed by atoms with Gasteiger partial charge in [-0.15, -0.1) is 0 Å². The van der Waals surface area contributed by atoms with Crippen molar-refractivity contribution in [3.63, 3.8) is 0 Å². The summed E-state index contributed by atoms with van der Waals surface area (Å²) in [6.07, 6.45) is 0.608. The molecule has 0 saturated carbocycles. The van der Waals surface area contributed by atoms with E-state index >= 15 is 0 Å². The van der Waals surface area contributed by atoms with Gasteiger partial charge in [-0.3, -0.25) is 0 Å². The highest BCUT2D eigenvalue weighted by Gasteiger charge is 2.12. The Morgan fingerprint density at radius 3 is 2.24 bits per heavy atom. The Bertz CT molecular complexity index is 682. The average molecular weight is 326 g/mol. The van der Waals surface area contributed by atoms with Gasteiger partial charge in [0, 0.05) is 11.6 Å². The second-order valence-corrected chi connectivity index (χ2v) is 6.65. The zero-order valence-corrected chi connectivity index (χ0v) is 13.1. The van der Waals surface area contributed by atoms with Gasteiger partial charge >= 0.3 is 0 Å². The highest BCUT2D eigenvalue weighted by Crippen LogP contribution is 2.14. The molecule has 0 saturated heterocycles. The molecule has 0 heterocycles. The Morgan fingerprint density at radius 1 is 1.05 bits per heavy atom. The van der Waals surface area contributed by atoms with Crippen molar-refractivity contribution in [2.45, 2.75) is 11.3 Å². The van der Waals surface area contributed by atoms with E-state index < -0.39 is 10.0 Å². The van der Waals surface area contributed by atoms with Gasteiger partial charge in [-0.25, -0.2) is 13.1 Å². The number of methoxy groups -OCH3 is 1. The van der Waals surface area contributed by atoms with Crippen LogP contribution in [0, 0.1) is 0 Å². The number of ether oxygens (including phenoxy) is 1. The zero-order chi connectivity index (χ0) is 15.3. The number of sulfonamides is 1. The lowest BCUT2D eigenvalue weighted by atomic mass is 10.1. The first-order valence-corrected chi connectivity index (χ1v) is 8.25. The summed E-state index contributed by atoms with van der Waals surface area (Å²) in [4.78, 5) is 0.210. The molecule has 2 aromatic rings. The molecule has 0 fully saturated rings. The topological polar surface area (TPSA) is 55.4 Å². The lowest BCUT2D eigenvalue weighted by molar-refractivity contribution is 0.414. The number of nitrogens with one attached hydrogen (secondary N) is 1. The number of hydrogen-bond donors (Lipinski definition) is 1. The van der Waals surface area contributed by atoms with Crippen LogP contribution in [-0.2, 0) is 16.4 Å². The minimum absolute atomic E-state index is 0.210. The van der Waals surface area contributed by atoms with E-state index in [1.54, 1.807) is 19.2 Å². The van der Waals surface area contributed by atoms with Crippen LogP contribution in [0.5, 0.6) is 5.75 Å². The van der Waals surface area contributed by atoms with E-state index in [4.69, 9.17) is 16.3 Å². The lowest BCUT2D eigenvalue weighted by Gasteiger charge is -2.07. The molecular formula is C15H16ClNO3S. The van der Waals surface area contributed by atoms with Crippen LogP contribution in [0.3, 0.4) is 0 Å². The molecule has 0 aliphatic rings. The quantitative estimate of drug-likeness (QED) is 0.888. The Kier molecular flexibility index (Phi) is 5.22. The molecule has 0 aromatic heterocycles. The molecule has 0 aliphatic carbocycles. The number of hydrogen-bond acceptors (Lipinski definition) is 3. The fourth-order valence-corrected chi connectivity index (χ4v) is 2.98. The van der Waals surface area contributed by atoms with Crippen molar-refractivity contribution in [1.82, 2.24) is 4.72 Å². The van der Waals surface area contributed by atoms with Gasteiger partial charge in [-0.05, 0) is 48.4 Å². The third-order valence-electron chi connectivity index (χ3n) is 2.99. The summed E-state index contributed by atoms with van der Waals surface area (Å²) in [5.74, 6) is 0.778. The third-order valence-corrected chi connectivity index (χ3v) is 4.72. The van der Waals surface area contributed by atoms with Gasteiger partial charge < -0.3 is 4.74 Å². The smallest absolute Gasteiger partial charge is 0.240 e. The highest BCUT2D eigenvalue weighted by atomic mass is 35.5. The van der Waals surface area contributed by atoms with Gasteiger partial charge in [0.25, 0.3) is 0 Å². The third kappa shape index (κ3) is 4.46. The van der Waals surface area contributed by atoms with Crippen molar-refractivity contribution in [2.24, 2.45) is 0 Å². The molecule has 0 unspecified atom stereocenters. The molecule has 0 radical (unpaired) electrons. The fraction of sp³-hybridized carbons (Fsp3) is 0.200. The maximum atomic E-state index is 12.1. The normalized spacial score (nSPS) is 11.3. The van der Waals surface area contributed by atoms with Crippen LogP contribution in [0.4, 0.5) is 0 Å². The Morgan fingerprint density at radius 2 is 1.67 bits per heavy atom. The van der Waals surface area contributed by atoms with Crippen molar-refractivity contribution >= 4 is 21.6 Å². The van der Waals surface area contributed by atoms with Crippen LogP contribution in [0.25, 0.3) is 0 Å². The van der Waals surface area contributed by atoms with E-state index in [0.717, 1.165) is 11.3 Å². The van der Waals surface area contributed by atoms with Gasteiger partial charge in [-0.1, -0.05) is 23.7 Å². The lowest BCUT2D eigenvalue weighted by Crippen LogP contribution is -2.25. The van der Waals surface area contributed by atoms with E-state index in [0.29, 0.717) is 18.0 Å². The van der Waals surface area contributed by atoms with Crippen molar-refractivity contribution < 1.29 is 13.2 Å². The average Bonchev–Trinajstić information content (AvgIpc) is 2.48. The molecule has 6 heteroatoms. The van der Waals surface area contributed by atoms with Gasteiger partial charge in [0.05, 0.1) is 12.0 Å². The summed E-state index contributed by atoms with van der Waals surface area (Å²) in [6, 6.07) is 13.6. The van der Waals surface area contributed by atoms with Crippen molar-refractivity contribution in [3.8, 4) is 5.75 Å². The summed E-state index contributed by atoms with van der Waals surface area (Å²) in [5.41, 5.74) is 1.04. The van der Waals surface area contributed by atoms with Crippen LogP contribution >= 0.6 is 11.6 Å². The first-order valence-electron chi connectivity index (χ1n) is 6.39. The second kappa shape index (κ2) is 6.93. The Balaban J connectivity index is 1.93. The molecule has 2 rings (SSSR count). The minimum Gasteiger partial charge on any atom is -0.497 e. The zero-order valence-electron chi connectivity index (χ0n) is 11.5. The van der Waals surface area contributed by atoms with Gasteiger partial charge in [0.1, 0.15) is 5.75 Å². The Labute approximate surface area is 129 Å². The van der Waals surface area contributed by atoms with Crippen LogP contribution < -0.4 is 9.46 Å². The first kappa shape index (κ1) is 15.8. The van der Waals surface area contributed by atoms with E-state index in [1.807, 2.05) is 24.3 Å². The predicted octanol–water partition coefficient (Wildman–Crippen LogP) is 2.87. The summed E-state index contributed by atoms with van der Waals surface area (Å²) in [7, 11) is -1.89. The van der Waals surface area contributed by atoms with E-state index in [2.05, 4.69) is 4.72 Å². The summed E-state index contributed by atoms with van der Waals surface area (Å²) < 4.78 is 31.8. The molecule has 112 valence electrons. The highest BCUT2D eigenvalue weighted by molar-refractivity contribution is 7.89. The molecule has 0 spiro atoms.